The maximum absolute atomic E-state index is 12.9. The van der Waals surface area contributed by atoms with Crippen molar-refractivity contribution in [1.29, 1.82) is 0 Å². The Morgan fingerprint density at radius 2 is 2.08 bits per heavy atom. The summed E-state index contributed by atoms with van der Waals surface area (Å²) in [6, 6.07) is 8.52. The molecule has 134 valence electrons. The molecule has 7 heteroatoms. The first kappa shape index (κ1) is 16.8. The lowest BCUT2D eigenvalue weighted by Gasteiger charge is -2.36. The van der Waals surface area contributed by atoms with Crippen molar-refractivity contribution in [2.24, 2.45) is 5.92 Å². The van der Waals surface area contributed by atoms with Crippen LogP contribution in [0.15, 0.2) is 24.3 Å². The van der Waals surface area contributed by atoms with Crippen LogP contribution in [0.25, 0.3) is 10.2 Å². The molecule has 0 saturated carbocycles. The molecule has 2 saturated heterocycles. The smallest absolute Gasteiger partial charge is 0.228 e. The molecule has 2 N–H and O–H groups in total. The largest absolute Gasteiger partial charge is 0.345 e. The average Bonchev–Trinajstić information content (AvgIpc) is 3.28. The average molecular weight is 359 g/mol. The predicted molar refractivity (Wildman–Crippen MR) is 102 cm³/mol. The normalized spacial score (nSPS) is 24.2. The molecule has 0 aliphatic carbocycles. The van der Waals surface area contributed by atoms with Crippen LogP contribution in [0, 0.1) is 5.92 Å². The predicted octanol–water partition coefficient (Wildman–Crippen LogP) is 1.84. The fraction of sp³-hybridized carbons (Fsp3) is 0.556. The summed E-state index contributed by atoms with van der Waals surface area (Å²) in [6.45, 7) is 6.18. The summed E-state index contributed by atoms with van der Waals surface area (Å²) in [5.74, 6) is 0.355. The van der Waals surface area contributed by atoms with Crippen molar-refractivity contribution in [3.8, 4) is 0 Å². The highest BCUT2D eigenvalue weighted by Crippen LogP contribution is 2.29. The van der Waals surface area contributed by atoms with Crippen molar-refractivity contribution < 1.29 is 4.79 Å². The van der Waals surface area contributed by atoms with Crippen molar-refractivity contribution >= 4 is 32.6 Å². The molecule has 2 aliphatic heterocycles. The second-order valence-corrected chi connectivity index (χ2v) is 7.81. The molecule has 3 heterocycles. The van der Waals surface area contributed by atoms with Gasteiger partial charge in [-0.1, -0.05) is 36.8 Å². The molecule has 6 nitrogen and oxygen atoms in total. The van der Waals surface area contributed by atoms with Gasteiger partial charge in [0.05, 0.1) is 16.1 Å². The monoisotopic (exact) mass is 359 g/mol. The molecule has 0 radical (unpaired) electrons. The van der Waals surface area contributed by atoms with E-state index in [1.165, 1.54) is 4.70 Å². The molecular formula is C18H25N5OS. The van der Waals surface area contributed by atoms with Crippen LogP contribution in [0.4, 0.5) is 5.13 Å². The van der Waals surface area contributed by atoms with E-state index in [4.69, 9.17) is 4.98 Å². The fourth-order valence-corrected chi connectivity index (χ4v) is 4.75. The van der Waals surface area contributed by atoms with Crippen LogP contribution < -0.4 is 15.8 Å². The Kier molecular flexibility index (Phi) is 4.87. The van der Waals surface area contributed by atoms with Gasteiger partial charge in [0.2, 0.25) is 5.91 Å². The Balaban J connectivity index is 1.38. The number of anilines is 1. The second kappa shape index (κ2) is 7.27. The minimum absolute atomic E-state index is 0.0638. The van der Waals surface area contributed by atoms with E-state index >= 15 is 0 Å². The topological polar surface area (TPSA) is 60.5 Å². The number of hydrogen-bond acceptors (Lipinski definition) is 6. The number of nitrogens with zero attached hydrogens (tertiary/aromatic N) is 3. The number of thiazole rings is 1. The first-order valence-electron chi connectivity index (χ1n) is 9.14. The first-order chi connectivity index (χ1) is 12.3. The number of hydrazine groups is 1. The number of hydrogen-bond donors (Lipinski definition) is 2. The Labute approximate surface area is 152 Å². The minimum Gasteiger partial charge on any atom is -0.345 e. The van der Waals surface area contributed by atoms with E-state index in [9.17, 15) is 4.79 Å². The third-order valence-electron chi connectivity index (χ3n) is 5.16. The molecule has 1 aromatic heterocycles. The summed E-state index contributed by atoms with van der Waals surface area (Å²) >= 11 is 1.74. The number of benzene rings is 1. The van der Waals surface area contributed by atoms with Gasteiger partial charge in [-0.05, 0) is 18.6 Å². The van der Waals surface area contributed by atoms with E-state index in [1.54, 1.807) is 11.3 Å². The molecule has 0 bridgehead atoms. The maximum Gasteiger partial charge on any atom is 0.228 e. The van der Waals surface area contributed by atoms with Crippen molar-refractivity contribution in [2.75, 3.05) is 37.6 Å². The van der Waals surface area contributed by atoms with Gasteiger partial charge in [-0.25, -0.2) is 4.98 Å². The van der Waals surface area contributed by atoms with Gasteiger partial charge in [-0.2, -0.15) is 0 Å². The zero-order valence-corrected chi connectivity index (χ0v) is 15.4. The highest BCUT2D eigenvalue weighted by Gasteiger charge is 2.36. The Morgan fingerprint density at radius 1 is 1.28 bits per heavy atom. The summed E-state index contributed by atoms with van der Waals surface area (Å²) in [5, 5.41) is 1.07. The molecule has 25 heavy (non-hydrogen) atoms. The third kappa shape index (κ3) is 3.36. The number of para-hydroxylation sites is 1. The maximum atomic E-state index is 12.9. The van der Waals surface area contributed by atoms with Crippen molar-refractivity contribution in [2.45, 2.75) is 25.8 Å². The molecule has 2 atom stereocenters. The fourth-order valence-electron chi connectivity index (χ4n) is 3.73. The summed E-state index contributed by atoms with van der Waals surface area (Å²) in [7, 11) is 0. The van der Waals surface area contributed by atoms with E-state index in [0.29, 0.717) is 5.91 Å². The van der Waals surface area contributed by atoms with Crippen LogP contribution in [0.5, 0.6) is 0 Å². The van der Waals surface area contributed by atoms with Crippen LogP contribution in [-0.2, 0) is 4.79 Å². The lowest BCUT2D eigenvalue weighted by Crippen LogP contribution is -2.52. The molecule has 4 rings (SSSR count). The number of amides is 1. The van der Waals surface area contributed by atoms with E-state index in [2.05, 4.69) is 40.9 Å². The van der Waals surface area contributed by atoms with Gasteiger partial charge in [0.1, 0.15) is 0 Å². The number of carbonyl (C=O) groups is 1. The quantitative estimate of drug-likeness (QED) is 0.872. The number of aromatic nitrogens is 1. The van der Waals surface area contributed by atoms with Gasteiger partial charge in [0, 0.05) is 38.8 Å². The first-order valence-corrected chi connectivity index (χ1v) is 9.95. The molecule has 2 aliphatic rings. The van der Waals surface area contributed by atoms with Crippen molar-refractivity contribution in [3.63, 3.8) is 0 Å². The van der Waals surface area contributed by atoms with E-state index in [1.807, 2.05) is 11.0 Å². The summed E-state index contributed by atoms with van der Waals surface area (Å²) in [4.78, 5) is 22.0. The Morgan fingerprint density at radius 3 is 2.84 bits per heavy atom. The standard InChI is InChI=1S/C18H25N5OS/c1-2-5-14-13(12-19-21-14)17(24)22-8-10-23(11-9-22)18-20-15-6-3-4-7-16(15)25-18/h3-4,6-7,13-14,19,21H,2,5,8-12H2,1H3. The van der Waals surface area contributed by atoms with Crippen molar-refractivity contribution in [1.82, 2.24) is 20.7 Å². The number of fused-ring (bicyclic) bond motifs is 1. The molecule has 1 amide bonds. The van der Waals surface area contributed by atoms with Gasteiger partial charge in [0.25, 0.3) is 0 Å². The molecule has 2 fully saturated rings. The highest BCUT2D eigenvalue weighted by molar-refractivity contribution is 7.22. The number of piperazine rings is 1. The van der Waals surface area contributed by atoms with E-state index in [0.717, 1.165) is 56.2 Å². The lowest BCUT2D eigenvalue weighted by atomic mass is 9.96. The minimum atomic E-state index is 0.0638. The Hall–Kier alpha value is -1.70. The third-order valence-corrected chi connectivity index (χ3v) is 6.25. The SMILES string of the molecule is CCCC1NNCC1C(=O)N1CCN(c2nc3ccccc3s2)CC1. The summed E-state index contributed by atoms with van der Waals surface area (Å²) in [5.41, 5.74) is 7.48. The van der Waals surface area contributed by atoms with Gasteiger partial charge >= 0.3 is 0 Å². The second-order valence-electron chi connectivity index (χ2n) is 6.80. The lowest BCUT2D eigenvalue weighted by molar-refractivity contribution is -0.135. The molecular weight excluding hydrogens is 334 g/mol. The number of carbonyl (C=O) groups excluding carboxylic acids is 1. The van der Waals surface area contributed by atoms with Gasteiger partial charge in [-0.3, -0.25) is 15.6 Å². The van der Waals surface area contributed by atoms with Gasteiger partial charge < -0.3 is 9.80 Å². The number of rotatable bonds is 4. The highest BCUT2D eigenvalue weighted by atomic mass is 32.1. The van der Waals surface area contributed by atoms with Crippen molar-refractivity contribution in [3.05, 3.63) is 24.3 Å². The van der Waals surface area contributed by atoms with Gasteiger partial charge in [-0.15, -0.1) is 0 Å². The zero-order valence-electron chi connectivity index (χ0n) is 14.6. The van der Waals surface area contributed by atoms with Crippen LogP contribution in [-0.4, -0.2) is 54.6 Å². The van der Waals surface area contributed by atoms with E-state index in [-0.39, 0.29) is 12.0 Å². The van der Waals surface area contributed by atoms with E-state index < -0.39 is 0 Å². The van der Waals surface area contributed by atoms with Crippen LogP contribution in [0.3, 0.4) is 0 Å². The molecule has 2 aromatic rings. The molecule has 1 aromatic carbocycles. The molecule has 2 unspecified atom stereocenters. The summed E-state index contributed by atoms with van der Waals surface area (Å²) < 4.78 is 1.22. The molecule has 0 spiro atoms. The van der Waals surface area contributed by atoms with Crippen LogP contribution in [0.1, 0.15) is 19.8 Å². The summed E-state index contributed by atoms with van der Waals surface area (Å²) in [6.07, 6.45) is 2.13. The Bertz CT molecular complexity index is 707. The number of nitrogens with one attached hydrogen (secondary N) is 2. The van der Waals surface area contributed by atoms with Crippen LogP contribution >= 0.6 is 11.3 Å². The zero-order chi connectivity index (χ0) is 17.2. The van der Waals surface area contributed by atoms with Gasteiger partial charge in [0.15, 0.2) is 5.13 Å². The van der Waals surface area contributed by atoms with Crippen LogP contribution in [0.2, 0.25) is 0 Å².